The Morgan fingerprint density at radius 1 is 1.54 bits per heavy atom. The van der Waals surface area contributed by atoms with E-state index < -0.39 is 5.97 Å². The lowest BCUT2D eigenvalue weighted by molar-refractivity contribution is -0.143. The van der Waals surface area contributed by atoms with Crippen LogP contribution in [0.1, 0.15) is 6.42 Å². The number of carbonyl (C=O) groups excluding carboxylic acids is 2. The fraction of sp³-hybridized carbons (Fsp3) is 0.375. The van der Waals surface area contributed by atoms with Crippen molar-refractivity contribution in [3.63, 3.8) is 0 Å². The van der Waals surface area contributed by atoms with Gasteiger partial charge in [-0.3, -0.25) is 9.59 Å². The quantitative estimate of drug-likeness (QED) is 0.486. The molecule has 0 aromatic carbocycles. The molecule has 0 aliphatic carbocycles. The summed E-state index contributed by atoms with van der Waals surface area (Å²) in [6.45, 7) is 0.162. The first-order chi connectivity index (χ1) is 6.22. The van der Waals surface area contributed by atoms with Crippen molar-refractivity contribution < 1.29 is 14.3 Å². The van der Waals surface area contributed by atoms with Gasteiger partial charge >= 0.3 is 5.97 Å². The molecule has 1 aromatic rings. The Bertz CT molecular complexity index is 292. The Morgan fingerprint density at radius 2 is 2.31 bits per heavy atom. The molecule has 0 N–H and O–H groups in total. The molecule has 1 rings (SSSR count). The van der Waals surface area contributed by atoms with E-state index in [0.717, 1.165) is 0 Å². The van der Waals surface area contributed by atoms with Gasteiger partial charge in [-0.25, -0.2) is 4.98 Å². The predicted octanol–water partition coefficient (Wildman–Crippen LogP) is 0.0153. The summed E-state index contributed by atoms with van der Waals surface area (Å²) in [4.78, 5) is 25.6. The van der Waals surface area contributed by atoms with Crippen molar-refractivity contribution >= 4 is 11.8 Å². The fourth-order valence-electron chi connectivity index (χ4n) is 0.873. The molecule has 0 spiro atoms. The minimum absolute atomic E-state index is 0.162. The van der Waals surface area contributed by atoms with Gasteiger partial charge in [0.25, 0.3) is 0 Å². The predicted molar refractivity (Wildman–Crippen MR) is 43.9 cm³/mol. The maximum atomic E-state index is 11.1. The molecule has 0 amide bonds. The lowest BCUT2D eigenvalue weighted by Crippen LogP contribution is -2.14. The Kier molecular flexibility index (Phi) is 3.19. The van der Waals surface area contributed by atoms with Crippen LogP contribution in [0.25, 0.3) is 0 Å². The van der Waals surface area contributed by atoms with Gasteiger partial charge in [-0.15, -0.1) is 0 Å². The average Bonchev–Trinajstić information content (AvgIpc) is 2.56. The van der Waals surface area contributed by atoms with Crippen LogP contribution >= 0.6 is 0 Å². The van der Waals surface area contributed by atoms with Crippen LogP contribution < -0.4 is 0 Å². The molecule has 0 saturated carbocycles. The van der Waals surface area contributed by atoms with Gasteiger partial charge in [0.05, 0.1) is 20.0 Å². The normalized spacial score (nSPS) is 9.62. The molecule has 5 heteroatoms. The van der Waals surface area contributed by atoms with Gasteiger partial charge in [0.1, 0.15) is 6.42 Å². The summed E-state index contributed by atoms with van der Waals surface area (Å²) in [6, 6.07) is 0. The van der Waals surface area contributed by atoms with Crippen molar-refractivity contribution in [1.82, 2.24) is 9.55 Å². The smallest absolute Gasteiger partial charge is 0.313 e. The van der Waals surface area contributed by atoms with Gasteiger partial charge in [0.15, 0.2) is 5.78 Å². The molecule has 70 valence electrons. The largest absolute Gasteiger partial charge is 0.469 e. The number of Topliss-reactive ketones (excluding diaryl/α,β-unsaturated/α-hetero) is 1. The SMILES string of the molecule is COC(=O)CC(=O)Cn1ccnc1. The molecule has 13 heavy (non-hydrogen) atoms. The van der Waals surface area contributed by atoms with E-state index >= 15 is 0 Å². The van der Waals surface area contributed by atoms with Crippen LogP contribution in [0.2, 0.25) is 0 Å². The summed E-state index contributed by atoms with van der Waals surface area (Å²) in [7, 11) is 1.26. The van der Waals surface area contributed by atoms with E-state index in [0.29, 0.717) is 0 Å². The summed E-state index contributed by atoms with van der Waals surface area (Å²) in [6.07, 6.45) is 4.57. The Balaban J connectivity index is 2.38. The average molecular weight is 182 g/mol. The van der Waals surface area contributed by atoms with Crippen LogP contribution in [0.3, 0.4) is 0 Å². The van der Waals surface area contributed by atoms with E-state index in [2.05, 4.69) is 9.72 Å². The molecular weight excluding hydrogens is 172 g/mol. The molecule has 0 atom stereocenters. The summed E-state index contributed by atoms with van der Waals surface area (Å²) in [5, 5.41) is 0. The van der Waals surface area contributed by atoms with Crippen LogP contribution in [0.4, 0.5) is 0 Å². The van der Waals surface area contributed by atoms with Crippen LogP contribution in [0.15, 0.2) is 18.7 Å². The molecule has 0 saturated heterocycles. The number of imidazole rings is 1. The van der Waals surface area contributed by atoms with Gasteiger partial charge in [0, 0.05) is 12.4 Å². The van der Waals surface area contributed by atoms with Crippen LogP contribution in [-0.2, 0) is 20.9 Å². The second kappa shape index (κ2) is 4.39. The van der Waals surface area contributed by atoms with Crippen LogP contribution in [0.5, 0.6) is 0 Å². The highest BCUT2D eigenvalue weighted by molar-refractivity contribution is 5.95. The molecule has 5 nitrogen and oxygen atoms in total. The highest BCUT2D eigenvalue weighted by atomic mass is 16.5. The van der Waals surface area contributed by atoms with Gasteiger partial charge in [-0.2, -0.15) is 0 Å². The Morgan fingerprint density at radius 3 is 2.85 bits per heavy atom. The number of rotatable bonds is 4. The number of carbonyl (C=O) groups is 2. The van der Waals surface area contributed by atoms with E-state index in [-0.39, 0.29) is 18.7 Å². The van der Waals surface area contributed by atoms with E-state index in [1.54, 1.807) is 17.0 Å². The van der Waals surface area contributed by atoms with Crippen molar-refractivity contribution in [2.45, 2.75) is 13.0 Å². The molecule has 0 bridgehead atoms. The molecule has 0 aliphatic heterocycles. The zero-order valence-electron chi connectivity index (χ0n) is 7.27. The number of hydrogen-bond acceptors (Lipinski definition) is 4. The fourth-order valence-corrected chi connectivity index (χ4v) is 0.873. The lowest BCUT2D eigenvalue weighted by atomic mass is 10.3. The minimum Gasteiger partial charge on any atom is -0.469 e. The third-order valence-corrected chi connectivity index (χ3v) is 1.49. The van der Waals surface area contributed by atoms with Gasteiger partial charge in [-0.05, 0) is 0 Å². The Labute approximate surface area is 75.3 Å². The van der Waals surface area contributed by atoms with E-state index in [1.165, 1.54) is 13.4 Å². The monoisotopic (exact) mass is 182 g/mol. The third kappa shape index (κ3) is 3.06. The van der Waals surface area contributed by atoms with Crippen molar-refractivity contribution in [2.75, 3.05) is 7.11 Å². The summed E-state index contributed by atoms with van der Waals surface area (Å²) < 4.78 is 5.96. The standard InChI is InChI=1S/C8H10N2O3/c1-13-8(12)4-7(11)5-10-3-2-9-6-10/h2-3,6H,4-5H2,1H3. The molecule has 0 aliphatic rings. The number of methoxy groups -OCH3 is 1. The van der Waals surface area contributed by atoms with Gasteiger partial charge in [-0.1, -0.05) is 0 Å². The first-order valence-corrected chi connectivity index (χ1v) is 3.76. The molecule has 0 fully saturated rings. The van der Waals surface area contributed by atoms with Crippen LogP contribution in [0, 0.1) is 0 Å². The summed E-state index contributed by atoms with van der Waals surface area (Å²) >= 11 is 0. The first kappa shape index (κ1) is 9.44. The molecule has 1 aromatic heterocycles. The zero-order valence-corrected chi connectivity index (χ0v) is 7.27. The highest BCUT2D eigenvalue weighted by Gasteiger charge is 2.09. The lowest BCUT2D eigenvalue weighted by Gasteiger charge is -1.99. The number of ether oxygens (including phenoxy) is 1. The van der Waals surface area contributed by atoms with Gasteiger partial charge < -0.3 is 9.30 Å². The molecule has 0 radical (unpaired) electrons. The second-order valence-electron chi connectivity index (χ2n) is 2.53. The van der Waals surface area contributed by atoms with Crippen LogP contribution in [-0.4, -0.2) is 28.4 Å². The van der Waals surface area contributed by atoms with E-state index in [1.807, 2.05) is 0 Å². The molecule has 1 heterocycles. The number of ketones is 1. The third-order valence-electron chi connectivity index (χ3n) is 1.49. The highest BCUT2D eigenvalue weighted by Crippen LogP contribution is 1.92. The molecule has 0 unspecified atom stereocenters. The number of aromatic nitrogens is 2. The topological polar surface area (TPSA) is 61.2 Å². The minimum atomic E-state index is -0.509. The van der Waals surface area contributed by atoms with E-state index in [9.17, 15) is 9.59 Å². The maximum Gasteiger partial charge on any atom is 0.313 e. The number of nitrogens with zero attached hydrogens (tertiary/aromatic N) is 2. The van der Waals surface area contributed by atoms with Crippen molar-refractivity contribution in [2.24, 2.45) is 0 Å². The summed E-state index contributed by atoms with van der Waals surface area (Å²) in [5.74, 6) is -0.699. The molecular formula is C8H10N2O3. The first-order valence-electron chi connectivity index (χ1n) is 3.76. The maximum absolute atomic E-state index is 11.1. The zero-order chi connectivity index (χ0) is 9.68. The number of hydrogen-bond donors (Lipinski definition) is 0. The second-order valence-corrected chi connectivity index (χ2v) is 2.53. The summed E-state index contributed by atoms with van der Waals surface area (Å²) in [5.41, 5.74) is 0. The van der Waals surface area contributed by atoms with Crippen molar-refractivity contribution in [3.8, 4) is 0 Å². The van der Waals surface area contributed by atoms with Crippen molar-refractivity contribution in [3.05, 3.63) is 18.7 Å². The Hall–Kier alpha value is -1.65. The van der Waals surface area contributed by atoms with Crippen molar-refractivity contribution in [1.29, 1.82) is 0 Å². The number of esters is 1. The van der Waals surface area contributed by atoms with E-state index in [4.69, 9.17) is 0 Å². The van der Waals surface area contributed by atoms with Gasteiger partial charge in [0.2, 0.25) is 0 Å².